The summed E-state index contributed by atoms with van der Waals surface area (Å²) in [6.07, 6.45) is 0. The number of hydrogen-bond acceptors (Lipinski definition) is 5. The van der Waals surface area contributed by atoms with E-state index >= 15 is 0 Å². The maximum absolute atomic E-state index is 5.82. The van der Waals surface area contributed by atoms with Crippen molar-refractivity contribution in [2.75, 3.05) is 11.1 Å². The lowest BCUT2D eigenvalue weighted by atomic mass is 10.3. The maximum atomic E-state index is 5.82. The smallest absolute Gasteiger partial charge is 0.321 e. The molecule has 1 aromatic carbocycles. The fourth-order valence-electron chi connectivity index (χ4n) is 0.991. The average Bonchev–Trinajstić information content (AvgIpc) is 2.56. The summed E-state index contributed by atoms with van der Waals surface area (Å²) in [5.74, 6) is 0. The van der Waals surface area contributed by atoms with Crippen LogP contribution in [0.2, 0.25) is 5.02 Å². The topological polar surface area (TPSA) is 77.0 Å². The summed E-state index contributed by atoms with van der Waals surface area (Å²) in [6, 6.07) is 5.70. The van der Waals surface area contributed by atoms with Crippen LogP contribution in [0.25, 0.3) is 0 Å². The summed E-state index contributed by atoms with van der Waals surface area (Å²) in [6.45, 7) is 0. The molecule has 0 unspecified atom stereocenters. The Morgan fingerprint density at radius 2 is 2.20 bits per heavy atom. The monoisotopic (exact) mass is 336 g/mol. The Hall–Kier alpha value is -1.02. The van der Waals surface area contributed by atoms with Crippen LogP contribution in [0, 0.1) is 3.57 Å². The normalized spacial score (nSPS) is 10.3. The second kappa shape index (κ2) is 4.23. The molecule has 0 aliphatic carbocycles. The molecule has 2 aromatic rings. The molecule has 0 amide bonds. The number of aromatic nitrogens is 2. The molecule has 0 radical (unpaired) electrons. The first kappa shape index (κ1) is 10.5. The predicted octanol–water partition coefficient (Wildman–Crippen LogP) is 2.65. The minimum Gasteiger partial charge on any atom is -0.389 e. The number of anilines is 3. The third-order valence-corrected chi connectivity index (χ3v) is 2.74. The standard InChI is InChI=1S/C8H6ClIN4O/c9-4-1-2-6(5(10)3-4)12-8-14-13-7(11)15-8/h1-3H,(H2,11,13)(H,12,14). The van der Waals surface area contributed by atoms with Gasteiger partial charge in [0, 0.05) is 8.59 Å². The number of hydrogen-bond donors (Lipinski definition) is 2. The van der Waals surface area contributed by atoms with Crippen molar-refractivity contribution < 1.29 is 4.42 Å². The zero-order valence-corrected chi connectivity index (χ0v) is 10.3. The molecule has 0 atom stereocenters. The maximum Gasteiger partial charge on any atom is 0.321 e. The van der Waals surface area contributed by atoms with Gasteiger partial charge in [-0.05, 0) is 40.8 Å². The molecular weight excluding hydrogens is 330 g/mol. The van der Waals surface area contributed by atoms with Crippen LogP contribution >= 0.6 is 34.2 Å². The Morgan fingerprint density at radius 3 is 2.80 bits per heavy atom. The highest BCUT2D eigenvalue weighted by molar-refractivity contribution is 14.1. The Balaban J connectivity index is 2.24. The van der Waals surface area contributed by atoms with Crippen LogP contribution in [0.1, 0.15) is 0 Å². The van der Waals surface area contributed by atoms with Crippen LogP contribution in [0.3, 0.4) is 0 Å². The Bertz CT molecular complexity index is 487. The summed E-state index contributed by atoms with van der Waals surface area (Å²) < 4.78 is 5.94. The first-order valence-corrected chi connectivity index (χ1v) is 5.42. The molecule has 2 rings (SSSR count). The summed E-state index contributed by atoms with van der Waals surface area (Å²) in [5, 5.41) is 10.8. The zero-order chi connectivity index (χ0) is 10.8. The minimum atomic E-state index is 0.0291. The van der Waals surface area contributed by atoms with E-state index in [0.29, 0.717) is 5.02 Å². The summed E-state index contributed by atoms with van der Waals surface area (Å²) in [7, 11) is 0. The van der Waals surface area contributed by atoms with Crippen LogP contribution in [0.15, 0.2) is 22.6 Å². The molecule has 0 fully saturated rings. The van der Waals surface area contributed by atoms with E-state index < -0.39 is 0 Å². The predicted molar refractivity (Wildman–Crippen MR) is 66.2 cm³/mol. The van der Waals surface area contributed by atoms with E-state index in [9.17, 15) is 0 Å². The highest BCUT2D eigenvalue weighted by Crippen LogP contribution is 2.25. The van der Waals surface area contributed by atoms with E-state index in [1.54, 1.807) is 6.07 Å². The van der Waals surface area contributed by atoms with E-state index in [4.69, 9.17) is 21.8 Å². The van der Waals surface area contributed by atoms with Crippen molar-refractivity contribution in [1.82, 2.24) is 10.2 Å². The second-order valence-corrected chi connectivity index (χ2v) is 4.29. The molecule has 0 bridgehead atoms. The molecule has 78 valence electrons. The molecule has 1 heterocycles. The van der Waals surface area contributed by atoms with Gasteiger partial charge in [-0.1, -0.05) is 21.8 Å². The van der Waals surface area contributed by atoms with Crippen molar-refractivity contribution in [3.63, 3.8) is 0 Å². The molecule has 0 aliphatic heterocycles. The molecular formula is C8H6ClIN4O. The molecule has 3 N–H and O–H groups in total. The number of rotatable bonds is 2. The van der Waals surface area contributed by atoms with Gasteiger partial charge in [0.25, 0.3) is 0 Å². The van der Waals surface area contributed by atoms with Crippen LogP contribution in [-0.2, 0) is 0 Å². The third kappa shape index (κ3) is 2.51. The van der Waals surface area contributed by atoms with Crippen LogP contribution < -0.4 is 11.1 Å². The number of nitrogens with one attached hydrogen (secondary N) is 1. The van der Waals surface area contributed by atoms with Crippen LogP contribution in [0.4, 0.5) is 17.7 Å². The SMILES string of the molecule is Nc1nnc(Nc2ccc(Cl)cc2I)o1. The Labute approximate surface area is 104 Å². The molecule has 5 nitrogen and oxygen atoms in total. The number of nitrogens with two attached hydrogens (primary N) is 1. The van der Waals surface area contributed by atoms with Gasteiger partial charge < -0.3 is 15.5 Å². The fourth-order valence-corrected chi connectivity index (χ4v) is 2.00. The Kier molecular flexibility index (Phi) is 2.96. The van der Waals surface area contributed by atoms with E-state index in [2.05, 4.69) is 38.1 Å². The van der Waals surface area contributed by atoms with Crippen molar-refractivity contribution in [2.45, 2.75) is 0 Å². The second-order valence-electron chi connectivity index (χ2n) is 2.69. The lowest BCUT2D eigenvalue weighted by Gasteiger charge is -2.03. The number of nitrogens with zero attached hydrogens (tertiary/aromatic N) is 2. The molecule has 1 aromatic heterocycles. The lowest BCUT2D eigenvalue weighted by Crippen LogP contribution is -1.92. The van der Waals surface area contributed by atoms with Gasteiger partial charge in [-0.3, -0.25) is 0 Å². The van der Waals surface area contributed by atoms with E-state index in [1.807, 2.05) is 12.1 Å². The van der Waals surface area contributed by atoms with Crippen molar-refractivity contribution in [3.8, 4) is 0 Å². The molecule has 0 saturated carbocycles. The third-order valence-electron chi connectivity index (χ3n) is 1.61. The van der Waals surface area contributed by atoms with Gasteiger partial charge in [-0.25, -0.2) is 0 Å². The van der Waals surface area contributed by atoms with Gasteiger partial charge in [0.05, 0.1) is 5.69 Å². The average molecular weight is 337 g/mol. The molecule has 0 aliphatic rings. The number of halogens is 2. The van der Waals surface area contributed by atoms with Crippen LogP contribution in [-0.4, -0.2) is 10.2 Å². The molecule has 7 heteroatoms. The lowest BCUT2D eigenvalue weighted by molar-refractivity contribution is 0.593. The van der Waals surface area contributed by atoms with Gasteiger partial charge >= 0.3 is 12.0 Å². The largest absolute Gasteiger partial charge is 0.389 e. The highest BCUT2D eigenvalue weighted by Gasteiger charge is 2.05. The minimum absolute atomic E-state index is 0.0291. The van der Waals surface area contributed by atoms with Gasteiger partial charge in [-0.2, -0.15) is 0 Å². The van der Waals surface area contributed by atoms with Gasteiger partial charge in [0.15, 0.2) is 0 Å². The van der Waals surface area contributed by atoms with E-state index in [0.717, 1.165) is 9.26 Å². The van der Waals surface area contributed by atoms with Crippen LogP contribution in [0.5, 0.6) is 0 Å². The van der Waals surface area contributed by atoms with Crippen molar-refractivity contribution in [1.29, 1.82) is 0 Å². The highest BCUT2D eigenvalue weighted by atomic mass is 127. The summed E-state index contributed by atoms with van der Waals surface area (Å²) >= 11 is 7.97. The van der Waals surface area contributed by atoms with E-state index in [1.165, 1.54) is 0 Å². The summed E-state index contributed by atoms with van der Waals surface area (Å²) in [5.41, 5.74) is 6.13. The fraction of sp³-hybridized carbons (Fsp3) is 0. The zero-order valence-electron chi connectivity index (χ0n) is 7.37. The molecule has 0 saturated heterocycles. The Morgan fingerprint density at radius 1 is 1.40 bits per heavy atom. The summed E-state index contributed by atoms with van der Waals surface area (Å²) in [4.78, 5) is 0. The quantitative estimate of drug-likeness (QED) is 0.825. The number of benzene rings is 1. The van der Waals surface area contributed by atoms with Gasteiger partial charge in [0.2, 0.25) is 0 Å². The molecule has 15 heavy (non-hydrogen) atoms. The first-order chi connectivity index (χ1) is 7.15. The molecule has 0 spiro atoms. The number of nitrogen functional groups attached to an aromatic ring is 1. The van der Waals surface area contributed by atoms with Crippen molar-refractivity contribution in [2.24, 2.45) is 0 Å². The van der Waals surface area contributed by atoms with Gasteiger partial charge in [-0.15, -0.1) is 0 Å². The van der Waals surface area contributed by atoms with Crippen molar-refractivity contribution >= 4 is 51.9 Å². The van der Waals surface area contributed by atoms with E-state index in [-0.39, 0.29) is 12.0 Å². The first-order valence-electron chi connectivity index (χ1n) is 3.96. The van der Waals surface area contributed by atoms with Gasteiger partial charge in [0.1, 0.15) is 0 Å². The van der Waals surface area contributed by atoms with Crippen molar-refractivity contribution in [3.05, 3.63) is 26.8 Å².